The highest BCUT2D eigenvalue weighted by molar-refractivity contribution is 5.90. The van der Waals surface area contributed by atoms with Gasteiger partial charge in [-0.2, -0.15) is 5.10 Å². The van der Waals surface area contributed by atoms with E-state index in [9.17, 15) is 14.0 Å². The zero-order valence-corrected chi connectivity index (χ0v) is 16.1. The van der Waals surface area contributed by atoms with Crippen LogP contribution < -0.4 is 10.6 Å². The molecule has 2 aromatic rings. The average Bonchev–Trinajstić information content (AvgIpc) is 3.06. The minimum absolute atomic E-state index is 0.101. The van der Waals surface area contributed by atoms with Gasteiger partial charge in [-0.1, -0.05) is 0 Å². The summed E-state index contributed by atoms with van der Waals surface area (Å²) in [5.41, 5.74) is 1.71. The number of aromatic nitrogens is 2. The molecule has 0 atom stereocenters. The van der Waals surface area contributed by atoms with Gasteiger partial charge in [0, 0.05) is 12.6 Å². The third kappa shape index (κ3) is 4.68. The fourth-order valence-corrected chi connectivity index (χ4v) is 3.39. The molecule has 2 amide bonds. The standard InChI is InChI=1S/C20H25FN4O3/c1-3-22-20(27)24-15-6-10-17(11-7-15)28-19(26)18-12-23-25(13(18)2)16-8-4-14(21)5-9-16/h4-5,8-9,12,15,17H,3,6-7,10-11H2,1-2H3,(H2,22,24,27). The molecule has 2 N–H and O–H groups in total. The molecule has 150 valence electrons. The number of nitrogens with one attached hydrogen (secondary N) is 2. The summed E-state index contributed by atoms with van der Waals surface area (Å²) in [7, 11) is 0. The van der Waals surface area contributed by atoms with E-state index in [2.05, 4.69) is 15.7 Å². The Labute approximate surface area is 163 Å². The molecule has 0 spiro atoms. The number of urea groups is 1. The molecule has 1 fully saturated rings. The number of halogens is 1. The van der Waals surface area contributed by atoms with Gasteiger partial charge >= 0.3 is 12.0 Å². The van der Waals surface area contributed by atoms with Gasteiger partial charge in [-0.15, -0.1) is 0 Å². The van der Waals surface area contributed by atoms with Gasteiger partial charge in [0.1, 0.15) is 17.5 Å². The normalized spacial score (nSPS) is 19.1. The number of carbonyl (C=O) groups excluding carboxylic acids is 2. The van der Waals surface area contributed by atoms with E-state index in [4.69, 9.17) is 4.74 Å². The van der Waals surface area contributed by atoms with Crippen molar-refractivity contribution in [2.24, 2.45) is 0 Å². The van der Waals surface area contributed by atoms with Crippen molar-refractivity contribution in [3.63, 3.8) is 0 Å². The summed E-state index contributed by atoms with van der Waals surface area (Å²) in [5, 5.41) is 9.88. The molecular weight excluding hydrogens is 363 g/mol. The van der Waals surface area contributed by atoms with Crippen molar-refractivity contribution in [2.75, 3.05) is 6.54 Å². The molecule has 1 saturated carbocycles. The van der Waals surface area contributed by atoms with Gasteiger partial charge in [0.25, 0.3) is 0 Å². The molecule has 1 aromatic carbocycles. The van der Waals surface area contributed by atoms with Crippen LogP contribution in [0.1, 0.15) is 48.7 Å². The molecule has 0 bridgehead atoms. The molecule has 1 aliphatic carbocycles. The third-order valence-corrected chi connectivity index (χ3v) is 4.92. The van der Waals surface area contributed by atoms with Crippen LogP contribution in [-0.4, -0.2) is 40.5 Å². The van der Waals surface area contributed by atoms with E-state index in [1.54, 1.807) is 23.7 Å². The Bertz CT molecular complexity index is 826. The molecule has 28 heavy (non-hydrogen) atoms. The van der Waals surface area contributed by atoms with Crippen LogP contribution in [0, 0.1) is 12.7 Å². The lowest BCUT2D eigenvalue weighted by Crippen LogP contribution is -2.44. The van der Waals surface area contributed by atoms with Crippen molar-refractivity contribution in [1.29, 1.82) is 0 Å². The molecule has 1 aliphatic rings. The Balaban J connectivity index is 1.56. The maximum absolute atomic E-state index is 13.1. The fraction of sp³-hybridized carbons (Fsp3) is 0.450. The second-order valence-corrected chi connectivity index (χ2v) is 6.91. The molecule has 8 heteroatoms. The molecule has 0 saturated heterocycles. The van der Waals surface area contributed by atoms with Crippen LogP contribution in [0.5, 0.6) is 0 Å². The summed E-state index contributed by atoms with van der Waals surface area (Å²) in [4.78, 5) is 24.2. The van der Waals surface area contributed by atoms with E-state index >= 15 is 0 Å². The Morgan fingerprint density at radius 2 is 1.89 bits per heavy atom. The first-order valence-electron chi connectivity index (χ1n) is 9.53. The Morgan fingerprint density at radius 3 is 2.54 bits per heavy atom. The summed E-state index contributed by atoms with van der Waals surface area (Å²) in [6, 6.07) is 5.85. The molecule has 0 radical (unpaired) electrons. The number of esters is 1. The molecule has 1 heterocycles. The molecule has 0 unspecified atom stereocenters. The second-order valence-electron chi connectivity index (χ2n) is 6.91. The smallest absolute Gasteiger partial charge is 0.341 e. The lowest BCUT2D eigenvalue weighted by molar-refractivity contribution is 0.0187. The Morgan fingerprint density at radius 1 is 1.21 bits per heavy atom. The topological polar surface area (TPSA) is 85.2 Å². The highest BCUT2D eigenvalue weighted by atomic mass is 19.1. The summed E-state index contributed by atoms with van der Waals surface area (Å²) >= 11 is 0. The maximum atomic E-state index is 13.1. The minimum Gasteiger partial charge on any atom is -0.459 e. The van der Waals surface area contributed by atoms with Crippen LogP contribution >= 0.6 is 0 Å². The highest BCUT2D eigenvalue weighted by Gasteiger charge is 2.26. The van der Waals surface area contributed by atoms with Gasteiger partial charge in [0.2, 0.25) is 0 Å². The summed E-state index contributed by atoms with van der Waals surface area (Å²) in [5.74, 6) is -0.739. The minimum atomic E-state index is -0.411. The number of rotatable bonds is 5. The van der Waals surface area contributed by atoms with Gasteiger partial charge in [0.15, 0.2) is 0 Å². The van der Waals surface area contributed by atoms with E-state index in [-0.39, 0.29) is 24.0 Å². The summed E-state index contributed by atoms with van der Waals surface area (Å²) < 4.78 is 20.3. The average molecular weight is 388 g/mol. The molecule has 3 rings (SSSR count). The first kappa shape index (κ1) is 19.9. The highest BCUT2D eigenvalue weighted by Crippen LogP contribution is 2.23. The number of benzene rings is 1. The SMILES string of the molecule is CCNC(=O)NC1CCC(OC(=O)c2cnn(-c3ccc(F)cc3)c2C)CC1. The zero-order valence-electron chi connectivity index (χ0n) is 16.1. The second kappa shape index (κ2) is 8.86. The van der Waals surface area contributed by atoms with E-state index < -0.39 is 5.97 Å². The van der Waals surface area contributed by atoms with Gasteiger partial charge in [-0.05, 0) is 63.8 Å². The Kier molecular flexibility index (Phi) is 6.28. The van der Waals surface area contributed by atoms with Crippen molar-refractivity contribution >= 4 is 12.0 Å². The summed E-state index contributed by atoms with van der Waals surface area (Å²) in [6.45, 7) is 4.24. The van der Waals surface area contributed by atoms with Crippen molar-refractivity contribution in [3.05, 3.63) is 47.5 Å². The zero-order chi connectivity index (χ0) is 20.1. The monoisotopic (exact) mass is 388 g/mol. The number of amides is 2. The lowest BCUT2D eigenvalue weighted by atomic mass is 9.93. The van der Waals surface area contributed by atoms with Gasteiger partial charge in [0.05, 0.1) is 17.6 Å². The van der Waals surface area contributed by atoms with Gasteiger partial charge in [-0.3, -0.25) is 0 Å². The van der Waals surface area contributed by atoms with Crippen LogP contribution in [0.15, 0.2) is 30.5 Å². The van der Waals surface area contributed by atoms with Crippen LogP contribution in [0.25, 0.3) is 5.69 Å². The predicted molar refractivity (Wildman–Crippen MR) is 102 cm³/mol. The number of nitrogens with zero attached hydrogens (tertiary/aromatic N) is 2. The van der Waals surface area contributed by atoms with Crippen LogP contribution in [0.4, 0.5) is 9.18 Å². The number of hydrogen-bond donors (Lipinski definition) is 2. The predicted octanol–water partition coefficient (Wildman–Crippen LogP) is 3.11. The van der Waals surface area contributed by atoms with Crippen LogP contribution in [0.3, 0.4) is 0 Å². The quantitative estimate of drug-likeness (QED) is 0.771. The molecule has 7 nitrogen and oxygen atoms in total. The molecular formula is C20H25FN4O3. The first-order valence-corrected chi connectivity index (χ1v) is 9.53. The van der Waals surface area contributed by atoms with Crippen molar-refractivity contribution in [2.45, 2.75) is 51.7 Å². The van der Waals surface area contributed by atoms with E-state index in [1.165, 1.54) is 18.3 Å². The summed E-state index contributed by atoms with van der Waals surface area (Å²) in [6.07, 6.45) is 4.24. The fourth-order valence-electron chi connectivity index (χ4n) is 3.39. The molecule has 1 aromatic heterocycles. The number of carbonyl (C=O) groups is 2. The van der Waals surface area contributed by atoms with E-state index in [0.29, 0.717) is 36.3 Å². The number of ether oxygens (including phenoxy) is 1. The van der Waals surface area contributed by atoms with Gasteiger partial charge in [-0.25, -0.2) is 18.7 Å². The largest absolute Gasteiger partial charge is 0.459 e. The third-order valence-electron chi connectivity index (χ3n) is 4.92. The Hall–Kier alpha value is -2.90. The van der Waals surface area contributed by atoms with Crippen molar-refractivity contribution < 1.29 is 18.7 Å². The van der Waals surface area contributed by atoms with Crippen molar-refractivity contribution in [3.8, 4) is 5.69 Å². The van der Waals surface area contributed by atoms with Crippen LogP contribution in [-0.2, 0) is 4.74 Å². The number of hydrogen-bond acceptors (Lipinski definition) is 4. The van der Waals surface area contributed by atoms with Crippen LogP contribution in [0.2, 0.25) is 0 Å². The first-order chi connectivity index (χ1) is 13.5. The van der Waals surface area contributed by atoms with Gasteiger partial charge < -0.3 is 15.4 Å². The maximum Gasteiger partial charge on any atom is 0.341 e. The van der Waals surface area contributed by atoms with Crippen molar-refractivity contribution in [1.82, 2.24) is 20.4 Å². The van der Waals surface area contributed by atoms with E-state index in [0.717, 1.165) is 12.8 Å². The lowest BCUT2D eigenvalue weighted by Gasteiger charge is -2.28. The molecule has 0 aliphatic heterocycles. The van der Waals surface area contributed by atoms with E-state index in [1.807, 2.05) is 6.92 Å².